The molecule has 0 bridgehead atoms. The molecule has 0 aliphatic carbocycles. The molecular weight excluding hydrogens is 336 g/mol. The smallest absolute Gasteiger partial charge is 0.410 e. The van der Waals surface area contributed by atoms with Crippen LogP contribution in [0.1, 0.15) is 57.7 Å². The van der Waals surface area contributed by atoms with Gasteiger partial charge < -0.3 is 18.9 Å². The first kappa shape index (κ1) is 19.1. The van der Waals surface area contributed by atoms with Crippen molar-refractivity contribution in [2.24, 2.45) is 0 Å². The Labute approximate surface area is 154 Å². The highest BCUT2D eigenvalue weighted by Gasteiger charge is 2.26. The van der Waals surface area contributed by atoms with Gasteiger partial charge in [0.1, 0.15) is 5.60 Å². The van der Waals surface area contributed by atoms with Crippen LogP contribution in [0.4, 0.5) is 4.79 Å². The number of hydrogen-bond acceptors (Lipinski definition) is 7. The van der Waals surface area contributed by atoms with E-state index < -0.39 is 5.60 Å². The highest BCUT2D eigenvalue weighted by molar-refractivity contribution is 5.68. The summed E-state index contributed by atoms with van der Waals surface area (Å²) in [6.45, 7) is 10.9. The summed E-state index contributed by atoms with van der Waals surface area (Å²) in [6.07, 6.45) is 2.55. The summed E-state index contributed by atoms with van der Waals surface area (Å²) >= 11 is 0. The molecule has 0 aromatic carbocycles. The van der Waals surface area contributed by atoms with Crippen molar-refractivity contribution in [3.63, 3.8) is 0 Å². The molecule has 2 fully saturated rings. The van der Waals surface area contributed by atoms with E-state index >= 15 is 0 Å². The Morgan fingerprint density at radius 2 is 1.96 bits per heavy atom. The lowest BCUT2D eigenvalue weighted by Crippen LogP contribution is -2.39. The number of ether oxygens (including phenoxy) is 2. The van der Waals surface area contributed by atoms with Crippen LogP contribution in [0.25, 0.3) is 0 Å². The maximum atomic E-state index is 12.2. The van der Waals surface area contributed by atoms with Gasteiger partial charge in [0.2, 0.25) is 5.89 Å². The SMILES string of the molecule is CC(C)(C)OC(=O)N1CCCN(Cc2noc(C3CCOCC3)n2)CC1. The van der Waals surface area contributed by atoms with E-state index in [1.165, 1.54) is 0 Å². The molecule has 1 aromatic heterocycles. The van der Waals surface area contributed by atoms with Crippen LogP contribution in [0.15, 0.2) is 4.52 Å². The Kier molecular flexibility index (Phi) is 6.13. The average Bonchev–Trinajstić information content (AvgIpc) is 2.92. The minimum atomic E-state index is -0.464. The minimum Gasteiger partial charge on any atom is -0.444 e. The largest absolute Gasteiger partial charge is 0.444 e. The third kappa shape index (κ3) is 5.41. The molecule has 146 valence electrons. The van der Waals surface area contributed by atoms with E-state index in [0.717, 1.165) is 57.3 Å². The normalized spacial score (nSPS) is 20.8. The summed E-state index contributed by atoms with van der Waals surface area (Å²) in [5.41, 5.74) is -0.464. The van der Waals surface area contributed by atoms with Crippen molar-refractivity contribution >= 4 is 6.09 Å². The van der Waals surface area contributed by atoms with E-state index in [4.69, 9.17) is 14.0 Å². The number of hydrogen-bond donors (Lipinski definition) is 0. The molecular formula is C18H30N4O4. The van der Waals surface area contributed by atoms with E-state index in [-0.39, 0.29) is 6.09 Å². The van der Waals surface area contributed by atoms with Crippen LogP contribution < -0.4 is 0 Å². The molecule has 1 amide bonds. The molecule has 1 aromatic rings. The molecule has 2 aliphatic rings. The Morgan fingerprint density at radius 1 is 1.19 bits per heavy atom. The third-order valence-corrected chi connectivity index (χ3v) is 4.66. The molecule has 0 unspecified atom stereocenters. The summed E-state index contributed by atoms with van der Waals surface area (Å²) in [6, 6.07) is 0. The van der Waals surface area contributed by atoms with Gasteiger partial charge >= 0.3 is 6.09 Å². The van der Waals surface area contributed by atoms with E-state index in [1.807, 2.05) is 20.8 Å². The van der Waals surface area contributed by atoms with Gasteiger partial charge in [-0.15, -0.1) is 0 Å². The lowest BCUT2D eigenvalue weighted by Gasteiger charge is -2.26. The fraction of sp³-hybridized carbons (Fsp3) is 0.833. The second-order valence-corrected chi connectivity index (χ2v) is 8.03. The molecule has 0 spiro atoms. The molecule has 3 heterocycles. The Morgan fingerprint density at radius 3 is 2.69 bits per heavy atom. The van der Waals surface area contributed by atoms with Gasteiger partial charge in [0.05, 0.1) is 6.54 Å². The van der Waals surface area contributed by atoms with E-state index in [9.17, 15) is 4.79 Å². The monoisotopic (exact) mass is 366 g/mol. The molecule has 0 radical (unpaired) electrons. The second-order valence-electron chi connectivity index (χ2n) is 8.03. The van der Waals surface area contributed by atoms with Gasteiger partial charge in [-0.1, -0.05) is 5.16 Å². The van der Waals surface area contributed by atoms with Gasteiger partial charge in [-0.3, -0.25) is 4.90 Å². The molecule has 2 saturated heterocycles. The maximum absolute atomic E-state index is 12.2. The molecule has 8 heteroatoms. The number of carbonyl (C=O) groups is 1. The van der Waals surface area contributed by atoms with Crippen molar-refractivity contribution in [3.05, 3.63) is 11.7 Å². The van der Waals surface area contributed by atoms with E-state index in [1.54, 1.807) is 4.90 Å². The number of nitrogens with zero attached hydrogens (tertiary/aromatic N) is 4. The number of rotatable bonds is 3. The minimum absolute atomic E-state index is 0.235. The van der Waals surface area contributed by atoms with Crippen molar-refractivity contribution < 1.29 is 18.8 Å². The van der Waals surface area contributed by atoms with Crippen molar-refractivity contribution in [1.29, 1.82) is 0 Å². The molecule has 3 rings (SSSR count). The summed E-state index contributed by atoms with van der Waals surface area (Å²) in [5.74, 6) is 1.77. The molecule has 26 heavy (non-hydrogen) atoms. The maximum Gasteiger partial charge on any atom is 0.410 e. The third-order valence-electron chi connectivity index (χ3n) is 4.66. The summed E-state index contributed by atoms with van der Waals surface area (Å²) in [5, 5.41) is 4.14. The van der Waals surface area contributed by atoms with Crippen LogP contribution in [0.2, 0.25) is 0 Å². The fourth-order valence-electron chi connectivity index (χ4n) is 3.28. The zero-order valence-corrected chi connectivity index (χ0v) is 16.1. The Hall–Kier alpha value is -1.67. The predicted molar refractivity (Wildman–Crippen MR) is 94.8 cm³/mol. The highest BCUT2D eigenvalue weighted by Crippen LogP contribution is 2.25. The zero-order chi connectivity index (χ0) is 18.6. The van der Waals surface area contributed by atoms with Crippen LogP contribution >= 0.6 is 0 Å². The van der Waals surface area contributed by atoms with Gasteiger partial charge in [-0.2, -0.15) is 4.98 Å². The molecule has 8 nitrogen and oxygen atoms in total. The zero-order valence-electron chi connectivity index (χ0n) is 16.1. The summed E-state index contributed by atoms with van der Waals surface area (Å²) < 4.78 is 16.3. The summed E-state index contributed by atoms with van der Waals surface area (Å²) in [4.78, 5) is 20.9. The summed E-state index contributed by atoms with van der Waals surface area (Å²) in [7, 11) is 0. The van der Waals surface area contributed by atoms with Crippen LogP contribution in [0.5, 0.6) is 0 Å². The lowest BCUT2D eigenvalue weighted by molar-refractivity contribution is 0.0257. The average molecular weight is 366 g/mol. The first-order valence-corrected chi connectivity index (χ1v) is 9.51. The van der Waals surface area contributed by atoms with Crippen molar-refractivity contribution in [2.45, 2.75) is 58.1 Å². The van der Waals surface area contributed by atoms with Crippen molar-refractivity contribution in [2.75, 3.05) is 39.4 Å². The first-order valence-electron chi connectivity index (χ1n) is 9.51. The van der Waals surface area contributed by atoms with Crippen molar-refractivity contribution in [3.8, 4) is 0 Å². The van der Waals surface area contributed by atoms with Gasteiger partial charge in [-0.25, -0.2) is 4.79 Å². The number of carbonyl (C=O) groups excluding carboxylic acids is 1. The standard InChI is InChI=1S/C18H30N4O4/c1-18(2,3)25-17(23)22-8-4-7-21(9-10-22)13-15-19-16(26-20-15)14-5-11-24-12-6-14/h14H,4-13H2,1-3H3. The first-order chi connectivity index (χ1) is 12.4. The second kappa shape index (κ2) is 8.35. The van der Waals surface area contributed by atoms with Crippen molar-refractivity contribution in [1.82, 2.24) is 19.9 Å². The molecule has 0 saturated carbocycles. The highest BCUT2D eigenvalue weighted by atomic mass is 16.6. The van der Waals surface area contributed by atoms with Gasteiger partial charge in [0.15, 0.2) is 5.82 Å². The molecule has 0 N–H and O–H groups in total. The number of amides is 1. The van der Waals surface area contributed by atoms with Crippen LogP contribution in [-0.4, -0.2) is 71.0 Å². The van der Waals surface area contributed by atoms with E-state index in [0.29, 0.717) is 25.6 Å². The van der Waals surface area contributed by atoms with Crippen LogP contribution in [0.3, 0.4) is 0 Å². The van der Waals surface area contributed by atoms with Gasteiger partial charge in [-0.05, 0) is 40.0 Å². The topological polar surface area (TPSA) is 80.9 Å². The quantitative estimate of drug-likeness (QED) is 0.812. The van der Waals surface area contributed by atoms with Gasteiger partial charge in [0.25, 0.3) is 0 Å². The molecule has 2 aliphatic heterocycles. The molecule has 0 atom stereocenters. The van der Waals surface area contributed by atoms with Gasteiger partial charge in [0, 0.05) is 45.3 Å². The Bertz CT molecular complexity index is 592. The van der Waals surface area contributed by atoms with Crippen LogP contribution in [-0.2, 0) is 16.0 Å². The lowest BCUT2D eigenvalue weighted by atomic mass is 10.0. The Balaban J connectivity index is 1.50. The van der Waals surface area contributed by atoms with Crippen LogP contribution in [0, 0.1) is 0 Å². The fourth-order valence-corrected chi connectivity index (χ4v) is 3.28. The predicted octanol–water partition coefficient (Wildman–Crippen LogP) is 2.41. The van der Waals surface area contributed by atoms with E-state index in [2.05, 4.69) is 15.0 Å². The number of aromatic nitrogens is 2.